The number of carbonyl (C=O) groups is 2. The summed E-state index contributed by atoms with van der Waals surface area (Å²) in [6.07, 6.45) is 4.43. The Labute approximate surface area is 144 Å². The molecule has 0 aliphatic carbocycles. The number of likely N-dealkylation sites (tertiary alicyclic amines) is 2. The molecule has 2 saturated heterocycles. The number of rotatable bonds is 5. The van der Waals surface area contributed by atoms with Crippen LogP contribution in [0.3, 0.4) is 0 Å². The third-order valence-electron chi connectivity index (χ3n) is 5.24. The second-order valence-corrected chi connectivity index (χ2v) is 7.28. The lowest BCUT2D eigenvalue weighted by Crippen LogP contribution is -2.38. The highest BCUT2D eigenvalue weighted by molar-refractivity contribution is 5.89. The van der Waals surface area contributed by atoms with Crippen molar-refractivity contribution < 1.29 is 9.59 Å². The first-order chi connectivity index (χ1) is 11.5. The molecule has 6 nitrogen and oxygen atoms in total. The molecular weight excluding hydrogens is 304 g/mol. The minimum atomic E-state index is -0.180. The van der Waals surface area contributed by atoms with E-state index in [1.165, 1.54) is 5.69 Å². The lowest BCUT2D eigenvalue weighted by Gasteiger charge is -2.28. The van der Waals surface area contributed by atoms with Gasteiger partial charge >= 0.3 is 0 Å². The SMILES string of the molecule is CN(C)CCN1C[C@H](C(=O)N2CCC[C@@H]2c2cccn2C)CC1=O. The zero-order valence-corrected chi connectivity index (χ0v) is 14.9. The van der Waals surface area contributed by atoms with Gasteiger partial charge in [-0.2, -0.15) is 0 Å². The standard InChI is InChI=1S/C18H28N4O2/c1-19(2)10-11-21-13-14(12-17(21)23)18(24)22-9-5-7-16(22)15-6-4-8-20(15)3/h4,6,8,14,16H,5,7,9-13H2,1-3H3/t14-,16-/m1/s1. The first kappa shape index (κ1) is 17.0. The third-order valence-corrected chi connectivity index (χ3v) is 5.24. The highest BCUT2D eigenvalue weighted by atomic mass is 16.2. The summed E-state index contributed by atoms with van der Waals surface area (Å²) in [5.74, 6) is 0.0877. The molecule has 2 aliphatic heterocycles. The summed E-state index contributed by atoms with van der Waals surface area (Å²) in [6, 6.07) is 4.28. The lowest BCUT2D eigenvalue weighted by atomic mass is 10.1. The number of hydrogen-bond donors (Lipinski definition) is 0. The van der Waals surface area contributed by atoms with Crippen LogP contribution in [0.2, 0.25) is 0 Å². The fourth-order valence-electron chi connectivity index (χ4n) is 3.87. The van der Waals surface area contributed by atoms with Gasteiger partial charge in [-0.25, -0.2) is 0 Å². The quantitative estimate of drug-likeness (QED) is 0.811. The van der Waals surface area contributed by atoms with Crippen LogP contribution in [0.5, 0.6) is 0 Å². The summed E-state index contributed by atoms with van der Waals surface area (Å²) < 4.78 is 2.10. The minimum Gasteiger partial charge on any atom is -0.353 e. The van der Waals surface area contributed by atoms with Gasteiger partial charge in [-0.15, -0.1) is 0 Å². The van der Waals surface area contributed by atoms with Gasteiger partial charge in [0.1, 0.15) is 0 Å². The zero-order valence-electron chi connectivity index (χ0n) is 14.9. The van der Waals surface area contributed by atoms with E-state index in [2.05, 4.69) is 15.5 Å². The molecule has 24 heavy (non-hydrogen) atoms. The largest absolute Gasteiger partial charge is 0.353 e. The first-order valence-electron chi connectivity index (χ1n) is 8.81. The van der Waals surface area contributed by atoms with E-state index in [0.29, 0.717) is 19.5 Å². The third kappa shape index (κ3) is 3.34. The Hall–Kier alpha value is -1.82. The van der Waals surface area contributed by atoms with Crippen molar-refractivity contribution in [1.82, 2.24) is 19.3 Å². The van der Waals surface area contributed by atoms with Crippen LogP contribution in [0.1, 0.15) is 31.0 Å². The number of nitrogens with zero attached hydrogens (tertiary/aromatic N) is 4. The molecule has 2 amide bonds. The van der Waals surface area contributed by atoms with E-state index in [9.17, 15) is 9.59 Å². The molecule has 1 aromatic rings. The van der Waals surface area contributed by atoms with Crippen molar-refractivity contribution in [3.05, 3.63) is 24.0 Å². The van der Waals surface area contributed by atoms with Crippen LogP contribution in [-0.4, -0.2) is 71.4 Å². The topological polar surface area (TPSA) is 48.8 Å². The highest BCUT2D eigenvalue weighted by Crippen LogP contribution is 2.34. The van der Waals surface area contributed by atoms with E-state index in [-0.39, 0.29) is 23.8 Å². The highest BCUT2D eigenvalue weighted by Gasteiger charge is 2.40. The maximum absolute atomic E-state index is 13.0. The second kappa shape index (κ2) is 6.97. The van der Waals surface area contributed by atoms with Crippen molar-refractivity contribution in [2.45, 2.75) is 25.3 Å². The van der Waals surface area contributed by atoms with Crippen molar-refractivity contribution in [2.24, 2.45) is 13.0 Å². The molecule has 0 N–H and O–H groups in total. The van der Waals surface area contributed by atoms with E-state index in [1.54, 1.807) is 0 Å². The van der Waals surface area contributed by atoms with Crippen LogP contribution in [0.25, 0.3) is 0 Å². The van der Waals surface area contributed by atoms with Gasteiger partial charge in [0.05, 0.1) is 12.0 Å². The summed E-state index contributed by atoms with van der Waals surface area (Å²) in [5.41, 5.74) is 1.19. The molecule has 3 heterocycles. The monoisotopic (exact) mass is 332 g/mol. The summed E-state index contributed by atoms with van der Waals surface area (Å²) >= 11 is 0. The molecule has 0 aromatic carbocycles. The molecule has 132 valence electrons. The predicted molar refractivity (Wildman–Crippen MR) is 92.3 cm³/mol. The summed E-state index contributed by atoms with van der Waals surface area (Å²) in [4.78, 5) is 31.1. The van der Waals surface area contributed by atoms with Gasteiger partial charge in [0.25, 0.3) is 0 Å². The van der Waals surface area contributed by atoms with Gasteiger partial charge < -0.3 is 19.3 Å². The molecule has 2 aliphatic rings. The number of amides is 2. The van der Waals surface area contributed by atoms with Crippen LogP contribution in [0.4, 0.5) is 0 Å². The molecule has 0 saturated carbocycles. The Morgan fingerprint density at radius 2 is 2.17 bits per heavy atom. The van der Waals surface area contributed by atoms with E-state index in [4.69, 9.17) is 0 Å². The van der Waals surface area contributed by atoms with Gasteiger partial charge in [0, 0.05) is 51.5 Å². The summed E-state index contributed by atoms with van der Waals surface area (Å²) in [5, 5.41) is 0. The van der Waals surface area contributed by atoms with E-state index in [0.717, 1.165) is 25.9 Å². The Bertz CT molecular complexity index is 610. The second-order valence-electron chi connectivity index (χ2n) is 7.28. The van der Waals surface area contributed by atoms with Gasteiger partial charge in [-0.1, -0.05) is 0 Å². The number of aromatic nitrogens is 1. The summed E-state index contributed by atoms with van der Waals surface area (Å²) in [6.45, 7) is 2.91. The smallest absolute Gasteiger partial charge is 0.228 e. The maximum atomic E-state index is 13.0. The fourth-order valence-corrected chi connectivity index (χ4v) is 3.87. The zero-order chi connectivity index (χ0) is 17.3. The van der Waals surface area contributed by atoms with Crippen molar-refractivity contribution in [1.29, 1.82) is 0 Å². The predicted octanol–water partition coefficient (Wildman–Crippen LogP) is 1.10. The number of hydrogen-bond acceptors (Lipinski definition) is 3. The average molecular weight is 332 g/mol. The van der Waals surface area contributed by atoms with E-state index >= 15 is 0 Å². The van der Waals surface area contributed by atoms with Crippen LogP contribution < -0.4 is 0 Å². The molecule has 0 bridgehead atoms. The molecule has 0 unspecified atom stereocenters. The Morgan fingerprint density at radius 3 is 2.83 bits per heavy atom. The Balaban J connectivity index is 1.66. The fraction of sp³-hybridized carbons (Fsp3) is 0.667. The van der Waals surface area contributed by atoms with Gasteiger partial charge in [0.2, 0.25) is 11.8 Å². The van der Waals surface area contributed by atoms with Crippen molar-refractivity contribution in [2.75, 3.05) is 40.3 Å². The van der Waals surface area contributed by atoms with E-state index in [1.807, 2.05) is 43.2 Å². The van der Waals surface area contributed by atoms with E-state index < -0.39 is 0 Å². The van der Waals surface area contributed by atoms with Gasteiger partial charge in [0.15, 0.2) is 0 Å². The molecule has 6 heteroatoms. The number of carbonyl (C=O) groups excluding carboxylic acids is 2. The van der Waals surface area contributed by atoms with Crippen molar-refractivity contribution >= 4 is 11.8 Å². The molecule has 1 aromatic heterocycles. The molecule has 2 fully saturated rings. The van der Waals surface area contributed by atoms with Crippen LogP contribution in [0.15, 0.2) is 18.3 Å². The number of likely N-dealkylation sites (N-methyl/N-ethyl adjacent to an activating group) is 1. The Kier molecular flexibility index (Phi) is 4.94. The normalized spacial score (nSPS) is 24.4. The van der Waals surface area contributed by atoms with Crippen molar-refractivity contribution in [3.63, 3.8) is 0 Å². The van der Waals surface area contributed by atoms with Crippen molar-refractivity contribution in [3.8, 4) is 0 Å². The molecule has 3 rings (SSSR count). The lowest BCUT2D eigenvalue weighted by molar-refractivity contribution is -0.136. The molecule has 0 radical (unpaired) electrons. The molecular formula is C18H28N4O2. The average Bonchev–Trinajstić information content (AvgIpc) is 3.23. The van der Waals surface area contributed by atoms with Crippen LogP contribution in [0, 0.1) is 5.92 Å². The Morgan fingerprint density at radius 1 is 1.38 bits per heavy atom. The number of aryl methyl sites for hydroxylation is 1. The van der Waals surface area contributed by atoms with Gasteiger partial charge in [-0.3, -0.25) is 9.59 Å². The van der Waals surface area contributed by atoms with Gasteiger partial charge in [-0.05, 0) is 39.1 Å². The van der Waals surface area contributed by atoms with Crippen LogP contribution >= 0.6 is 0 Å². The molecule has 2 atom stereocenters. The molecule has 0 spiro atoms. The van der Waals surface area contributed by atoms with Crippen LogP contribution in [-0.2, 0) is 16.6 Å². The maximum Gasteiger partial charge on any atom is 0.228 e. The first-order valence-corrected chi connectivity index (χ1v) is 8.81. The minimum absolute atomic E-state index is 0.116. The summed E-state index contributed by atoms with van der Waals surface area (Å²) in [7, 11) is 6.02.